The van der Waals surface area contributed by atoms with Crippen molar-refractivity contribution in [2.45, 2.75) is 32.6 Å². The molecule has 0 unspecified atom stereocenters. The van der Waals surface area contributed by atoms with E-state index >= 15 is 0 Å². The van der Waals surface area contributed by atoms with Crippen molar-refractivity contribution in [2.75, 3.05) is 13.9 Å². The molecular formula is C25H25NO5. The summed E-state index contributed by atoms with van der Waals surface area (Å²) in [6.45, 7) is 2.35. The molecule has 0 fully saturated rings. The van der Waals surface area contributed by atoms with Gasteiger partial charge in [-0.2, -0.15) is 0 Å². The number of aromatic nitrogens is 1. The number of nitrogens with zero attached hydrogens (tertiary/aromatic N) is 1. The molecule has 2 aromatic carbocycles. The summed E-state index contributed by atoms with van der Waals surface area (Å²) in [4.78, 5) is 16.8. The SMILES string of the molecule is CCCCCc1cc(-c2ccc(OC)cc2)c(C=O)c(Oc2ccc3c(c2)OCO3)n1. The number of unbranched alkanes of at least 4 members (excludes halogenated alkanes) is 2. The van der Waals surface area contributed by atoms with Crippen LogP contribution in [0.5, 0.6) is 28.9 Å². The van der Waals surface area contributed by atoms with Gasteiger partial charge in [0.05, 0.1) is 12.7 Å². The van der Waals surface area contributed by atoms with E-state index in [-0.39, 0.29) is 12.7 Å². The Bertz CT molecular complexity index is 1060. The van der Waals surface area contributed by atoms with E-state index < -0.39 is 0 Å². The zero-order valence-electron chi connectivity index (χ0n) is 17.7. The summed E-state index contributed by atoms with van der Waals surface area (Å²) in [6.07, 6.45) is 4.87. The Morgan fingerprint density at radius 2 is 1.77 bits per heavy atom. The normalized spacial score (nSPS) is 11.9. The Hall–Kier alpha value is -3.54. The van der Waals surface area contributed by atoms with E-state index in [9.17, 15) is 4.79 Å². The monoisotopic (exact) mass is 419 g/mol. The lowest BCUT2D eigenvalue weighted by Gasteiger charge is -2.14. The highest BCUT2D eigenvalue weighted by atomic mass is 16.7. The largest absolute Gasteiger partial charge is 0.497 e. The second-order valence-electron chi connectivity index (χ2n) is 7.30. The van der Waals surface area contributed by atoms with Crippen molar-refractivity contribution in [2.24, 2.45) is 0 Å². The van der Waals surface area contributed by atoms with Crippen molar-refractivity contribution in [1.82, 2.24) is 4.98 Å². The van der Waals surface area contributed by atoms with E-state index in [4.69, 9.17) is 18.9 Å². The van der Waals surface area contributed by atoms with E-state index in [0.717, 1.165) is 54.5 Å². The second kappa shape index (κ2) is 9.51. The van der Waals surface area contributed by atoms with Gasteiger partial charge < -0.3 is 18.9 Å². The van der Waals surface area contributed by atoms with Crippen molar-refractivity contribution in [1.29, 1.82) is 0 Å². The van der Waals surface area contributed by atoms with Gasteiger partial charge >= 0.3 is 0 Å². The zero-order chi connectivity index (χ0) is 21.6. The molecule has 0 amide bonds. The first-order valence-corrected chi connectivity index (χ1v) is 10.4. The highest BCUT2D eigenvalue weighted by Crippen LogP contribution is 2.38. The third kappa shape index (κ3) is 4.63. The van der Waals surface area contributed by atoms with E-state index in [1.54, 1.807) is 25.3 Å². The number of hydrogen-bond donors (Lipinski definition) is 0. The number of pyridine rings is 1. The first kappa shape index (κ1) is 20.7. The van der Waals surface area contributed by atoms with Gasteiger partial charge in [0, 0.05) is 11.8 Å². The number of ether oxygens (including phenoxy) is 4. The van der Waals surface area contributed by atoms with Crippen LogP contribution in [0.1, 0.15) is 42.2 Å². The van der Waals surface area contributed by atoms with Gasteiger partial charge in [-0.1, -0.05) is 31.9 Å². The topological polar surface area (TPSA) is 66.9 Å². The molecule has 6 heteroatoms. The van der Waals surface area contributed by atoms with Crippen LogP contribution < -0.4 is 18.9 Å². The molecule has 6 nitrogen and oxygen atoms in total. The molecule has 1 aliphatic rings. The standard InChI is InChI=1S/C25H25NO5/c1-3-4-5-6-18-13-21(17-7-9-19(28-2)10-8-17)22(15-27)25(26-18)31-20-11-12-23-24(14-20)30-16-29-23/h7-15H,3-6,16H2,1-2H3. The van der Waals surface area contributed by atoms with Crippen molar-refractivity contribution in [3.63, 3.8) is 0 Å². The average molecular weight is 419 g/mol. The molecule has 2 heterocycles. The summed E-state index contributed by atoms with van der Waals surface area (Å²) in [6, 6.07) is 14.9. The minimum absolute atomic E-state index is 0.186. The minimum atomic E-state index is 0.186. The molecule has 0 N–H and O–H groups in total. The summed E-state index contributed by atoms with van der Waals surface area (Å²) in [5, 5.41) is 0. The van der Waals surface area contributed by atoms with Gasteiger partial charge in [-0.25, -0.2) is 4.98 Å². The van der Waals surface area contributed by atoms with Crippen molar-refractivity contribution in [3.05, 3.63) is 59.8 Å². The highest BCUT2D eigenvalue weighted by molar-refractivity contribution is 5.90. The molecule has 0 spiro atoms. The van der Waals surface area contributed by atoms with Crippen LogP contribution in [0.25, 0.3) is 11.1 Å². The fraction of sp³-hybridized carbons (Fsp3) is 0.280. The van der Waals surface area contributed by atoms with Crippen molar-refractivity contribution >= 4 is 6.29 Å². The Morgan fingerprint density at radius 1 is 1.00 bits per heavy atom. The number of aryl methyl sites for hydroxylation is 1. The number of benzene rings is 2. The number of carbonyl (C=O) groups excluding carboxylic acids is 1. The maximum Gasteiger partial charge on any atom is 0.231 e. The lowest BCUT2D eigenvalue weighted by Crippen LogP contribution is -2.02. The summed E-state index contributed by atoms with van der Waals surface area (Å²) >= 11 is 0. The van der Waals surface area contributed by atoms with Crippen LogP contribution in [0.4, 0.5) is 0 Å². The first-order chi connectivity index (χ1) is 15.2. The van der Waals surface area contributed by atoms with Gasteiger partial charge in [0.15, 0.2) is 17.8 Å². The number of aldehydes is 1. The van der Waals surface area contributed by atoms with Gasteiger partial charge in [-0.15, -0.1) is 0 Å². The van der Waals surface area contributed by atoms with Crippen LogP contribution >= 0.6 is 0 Å². The molecule has 160 valence electrons. The third-order valence-corrected chi connectivity index (χ3v) is 5.19. The van der Waals surface area contributed by atoms with Gasteiger partial charge in [-0.05, 0) is 54.3 Å². The summed E-state index contributed by atoms with van der Waals surface area (Å²) < 4.78 is 22.1. The molecule has 1 aliphatic heterocycles. The summed E-state index contributed by atoms with van der Waals surface area (Å²) in [5.41, 5.74) is 2.98. The van der Waals surface area contributed by atoms with E-state index in [1.807, 2.05) is 30.3 Å². The highest BCUT2D eigenvalue weighted by Gasteiger charge is 2.18. The van der Waals surface area contributed by atoms with Crippen LogP contribution in [0.2, 0.25) is 0 Å². The van der Waals surface area contributed by atoms with Gasteiger partial charge in [-0.3, -0.25) is 4.79 Å². The minimum Gasteiger partial charge on any atom is -0.497 e. The fourth-order valence-electron chi connectivity index (χ4n) is 3.52. The quantitative estimate of drug-likeness (QED) is 0.321. The number of carbonyl (C=O) groups is 1. The van der Waals surface area contributed by atoms with Gasteiger partial charge in [0.1, 0.15) is 11.5 Å². The smallest absolute Gasteiger partial charge is 0.231 e. The molecule has 0 saturated carbocycles. The molecule has 0 bridgehead atoms. The average Bonchev–Trinajstić information content (AvgIpc) is 3.27. The lowest BCUT2D eigenvalue weighted by atomic mass is 9.99. The van der Waals surface area contributed by atoms with E-state index in [0.29, 0.717) is 22.8 Å². The van der Waals surface area contributed by atoms with Crippen LogP contribution in [0.3, 0.4) is 0 Å². The zero-order valence-corrected chi connectivity index (χ0v) is 17.7. The number of fused-ring (bicyclic) bond motifs is 1. The number of rotatable bonds is 9. The third-order valence-electron chi connectivity index (χ3n) is 5.19. The molecule has 0 atom stereocenters. The Morgan fingerprint density at radius 3 is 2.52 bits per heavy atom. The number of hydrogen-bond acceptors (Lipinski definition) is 6. The Labute approximate surface area is 181 Å². The van der Waals surface area contributed by atoms with E-state index in [2.05, 4.69) is 11.9 Å². The van der Waals surface area contributed by atoms with Crippen molar-refractivity contribution in [3.8, 4) is 40.0 Å². The summed E-state index contributed by atoms with van der Waals surface area (Å²) in [7, 11) is 1.63. The van der Waals surface area contributed by atoms with Crippen LogP contribution in [0, 0.1) is 0 Å². The predicted octanol–water partition coefficient (Wildman–Crippen LogP) is 5.82. The van der Waals surface area contributed by atoms with Crippen molar-refractivity contribution < 1.29 is 23.7 Å². The van der Waals surface area contributed by atoms with E-state index in [1.165, 1.54) is 0 Å². The molecule has 3 aromatic rings. The molecule has 1 aromatic heterocycles. The predicted molar refractivity (Wildman–Crippen MR) is 117 cm³/mol. The van der Waals surface area contributed by atoms with Gasteiger partial charge in [0.2, 0.25) is 12.7 Å². The maximum absolute atomic E-state index is 12.1. The van der Waals surface area contributed by atoms with Crippen LogP contribution in [-0.4, -0.2) is 25.2 Å². The molecule has 0 radical (unpaired) electrons. The molecule has 0 aliphatic carbocycles. The first-order valence-electron chi connectivity index (χ1n) is 10.4. The summed E-state index contributed by atoms with van der Waals surface area (Å²) in [5.74, 6) is 2.85. The Balaban J connectivity index is 1.74. The van der Waals surface area contributed by atoms with Crippen LogP contribution in [0.15, 0.2) is 48.5 Å². The van der Waals surface area contributed by atoms with Gasteiger partial charge in [0.25, 0.3) is 0 Å². The lowest BCUT2D eigenvalue weighted by molar-refractivity contribution is 0.112. The Kier molecular flexibility index (Phi) is 6.36. The van der Waals surface area contributed by atoms with Crippen LogP contribution in [-0.2, 0) is 6.42 Å². The maximum atomic E-state index is 12.1. The molecule has 4 rings (SSSR count). The number of methoxy groups -OCH3 is 1. The molecular weight excluding hydrogens is 394 g/mol. The second-order valence-corrected chi connectivity index (χ2v) is 7.30. The molecule has 0 saturated heterocycles. The fourth-order valence-corrected chi connectivity index (χ4v) is 3.52. The molecule has 31 heavy (non-hydrogen) atoms.